The third-order valence-electron chi connectivity index (χ3n) is 4.60. The van der Waals surface area contributed by atoms with E-state index < -0.39 is 6.10 Å². The second kappa shape index (κ2) is 9.83. The zero-order valence-electron chi connectivity index (χ0n) is 15.5. The molecule has 0 saturated carbocycles. The summed E-state index contributed by atoms with van der Waals surface area (Å²) >= 11 is 5.90. The summed E-state index contributed by atoms with van der Waals surface area (Å²) in [5.74, 6) is 2.29. The molecule has 146 valence electrons. The van der Waals surface area contributed by atoms with Crippen LogP contribution >= 0.6 is 11.6 Å². The van der Waals surface area contributed by atoms with Gasteiger partial charge in [-0.05, 0) is 49.2 Å². The van der Waals surface area contributed by atoms with Gasteiger partial charge >= 0.3 is 0 Å². The van der Waals surface area contributed by atoms with Gasteiger partial charge < -0.3 is 24.2 Å². The lowest BCUT2D eigenvalue weighted by atomic mass is 10.1. The molecule has 27 heavy (non-hydrogen) atoms. The van der Waals surface area contributed by atoms with E-state index in [0.717, 1.165) is 37.4 Å². The number of hydrogen-bond donors (Lipinski definition) is 1. The predicted octanol–water partition coefficient (Wildman–Crippen LogP) is 3.63. The van der Waals surface area contributed by atoms with Crippen molar-refractivity contribution >= 4 is 11.6 Å². The molecule has 2 aromatic carbocycles. The number of piperidine rings is 1. The zero-order chi connectivity index (χ0) is 19.1. The number of methoxy groups -OCH3 is 1. The van der Waals surface area contributed by atoms with Crippen molar-refractivity contribution in [3.8, 4) is 17.2 Å². The lowest BCUT2D eigenvalue weighted by molar-refractivity contribution is 0.0401. The van der Waals surface area contributed by atoms with Crippen molar-refractivity contribution in [1.29, 1.82) is 0 Å². The number of ether oxygens (including phenoxy) is 3. The number of rotatable bonds is 8. The number of aliphatic hydroxyl groups excluding tert-OH is 1. The summed E-state index contributed by atoms with van der Waals surface area (Å²) < 4.78 is 16.8. The Morgan fingerprint density at radius 2 is 1.78 bits per heavy atom. The molecule has 1 aliphatic heterocycles. The highest BCUT2D eigenvalue weighted by molar-refractivity contribution is 6.30. The van der Waals surface area contributed by atoms with Gasteiger partial charge in [0, 0.05) is 30.7 Å². The maximum Gasteiger partial charge on any atom is 0.123 e. The molecule has 0 amide bonds. The van der Waals surface area contributed by atoms with Crippen LogP contribution in [0.1, 0.15) is 12.8 Å². The Morgan fingerprint density at radius 3 is 2.48 bits per heavy atom. The number of hydrogen-bond acceptors (Lipinski definition) is 5. The smallest absolute Gasteiger partial charge is 0.123 e. The first-order valence-electron chi connectivity index (χ1n) is 9.22. The number of benzene rings is 2. The quantitative estimate of drug-likeness (QED) is 0.744. The summed E-state index contributed by atoms with van der Waals surface area (Å²) in [6, 6.07) is 14.9. The van der Waals surface area contributed by atoms with Crippen LogP contribution in [-0.4, -0.2) is 55.6 Å². The van der Waals surface area contributed by atoms with Crippen molar-refractivity contribution in [3.05, 3.63) is 53.6 Å². The van der Waals surface area contributed by atoms with Crippen molar-refractivity contribution in [2.45, 2.75) is 25.0 Å². The van der Waals surface area contributed by atoms with Crippen LogP contribution in [0.3, 0.4) is 0 Å². The summed E-state index contributed by atoms with van der Waals surface area (Å²) in [5.41, 5.74) is 0. The second-order valence-corrected chi connectivity index (χ2v) is 7.15. The molecule has 1 aliphatic rings. The first kappa shape index (κ1) is 19.8. The van der Waals surface area contributed by atoms with E-state index in [9.17, 15) is 5.11 Å². The van der Waals surface area contributed by atoms with Gasteiger partial charge in [0.1, 0.15) is 36.1 Å². The highest BCUT2D eigenvalue weighted by Crippen LogP contribution is 2.22. The molecule has 1 saturated heterocycles. The van der Waals surface area contributed by atoms with E-state index in [0.29, 0.717) is 17.3 Å². The molecule has 0 aliphatic carbocycles. The Morgan fingerprint density at radius 1 is 1.07 bits per heavy atom. The van der Waals surface area contributed by atoms with Gasteiger partial charge in [-0.2, -0.15) is 0 Å². The Kier molecular flexibility index (Phi) is 7.21. The zero-order valence-corrected chi connectivity index (χ0v) is 16.3. The van der Waals surface area contributed by atoms with E-state index in [1.807, 2.05) is 48.5 Å². The SMILES string of the molecule is COc1cccc(OCC(O)CN2CCC(Oc3ccc(Cl)cc3)CC2)c1. The van der Waals surface area contributed by atoms with E-state index in [-0.39, 0.29) is 12.7 Å². The van der Waals surface area contributed by atoms with E-state index in [1.54, 1.807) is 7.11 Å². The van der Waals surface area contributed by atoms with Crippen LogP contribution in [0.4, 0.5) is 0 Å². The van der Waals surface area contributed by atoms with E-state index >= 15 is 0 Å². The minimum atomic E-state index is -0.537. The highest BCUT2D eigenvalue weighted by Gasteiger charge is 2.22. The minimum Gasteiger partial charge on any atom is -0.497 e. The lowest BCUT2D eigenvalue weighted by Crippen LogP contribution is -2.43. The van der Waals surface area contributed by atoms with Crippen LogP contribution in [0.2, 0.25) is 5.02 Å². The summed E-state index contributed by atoms with van der Waals surface area (Å²) in [7, 11) is 1.62. The van der Waals surface area contributed by atoms with Crippen LogP contribution in [0.15, 0.2) is 48.5 Å². The van der Waals surface area contributed by atoms with Gasteiger partial charge in [-0.25, -0.2) is 0 Å². The molecule has 5 nitrogen and oxygen atoms in total. The monoisotopic (exact) mass is 391 g/mol. The Balaban J connectivity index is 1.37. The standard InChI is InChI=1S/C21H26ClNO4/c1-25-20-3-2-4-21(13-20)26-15-17(24)14-23-11-9-19(10-12-23)27-18-7-5-16(22)6-8-18/h2-8,13,17,19,24H,9-12,14-15H2,1H3. The van der Waals surface area contributed by atoms with Gasteiger partial charge in [0.25, 0.3) is 0 Å². The molecule has 1 heterocycles. The predicted molar refractivity (Wildman–Crippen MR) is 106 cm³/mol. The molecule has 1 atom stereocenters. The molecule has 2 aromatic rings. The van der Waals surface area contributed by atoms with E-state index in [4.69, 9.17) is 25.8 Å². The van der Waals surface area contributed by atoms with E-state index in [2.05, 4.69) is 4.90 Å². The van der Waals surface area contributed by atoms with Gasteiger partial charge in [-0.3, -0.25) is 0 Å². The number of likely N-dealkylation sites (tertiary alicyclic amines) is 1. The normalized spacial score (nSPS) is 16.7. The van der Waals surface area contributed by atoms with Crippen LogP contribution in [0.5, 0.6) is 17.2 Å². The molecule has 1 fully saturated rings. The number of nitrogens with zero attached hydrogens (tertiary/aromatic N) is 1. The first-order chi connectivity index (χ1) is 13.1. The van der Waals surface area contributed by atoms with Crippen molar-refractivity contribution in [3.63, 3.8) is 0 Å². The molecule has 1 unspecified atom stereocenters. The van der Waals surface area contributed by atoms with E-state index in [1.165, 1.54) is 0 Å². The van der Waals surface area contributed by atoms with Crippen molar-refractivity contribution < 1.29 is 19.3 Å². The molecule has 0 radical (unpaired) electrons. The lowest BCUT2D eigenvalue weighted by Gasteiger charge is -2.33. The molecule has 0 spiro atoms. The van der Waals surface area contributed by atoms with Crippen LogP contribution in [0, 0.1) is 0 Å². The Bertz CT molecular complexity index is 702. The van der Waals surface area contributed by atoms with Gasteiger partial charge in [-0.1, -0.05) is 17.7 Å². The molecular weight excluding hydrogens is 366 g/mol. The average Bonchev–Trinajstić information content (AvgIpc) is 2.70. The van der Waals surface area contributed by atoms with Gasteiger partial charge in [0.05, 0.1) is 7.11 Å². The number of halogens is 1. The van der Waals surface area contributed by atoms with Crippen LogP contribution in [-0.2, 0) is 0 Å². The fraction of sp³-hybridized carbons (Fsp3) is 0.429. The number of aliphatic hydroxyl groups is 1. The van der Waals surface area contributed by atoms with Crippen LogP contribution < -0.4 is 14.2 Å². The van der Waals surface area contributed by atoms with Gasteiger partial charge in [-0.15, -0.1) is 0 Å². The first-order valence-corrected chi connectivity index (χ1v) is 9.59. The average molecular weight is 392 g/mol. The third kappa shape index (κ3) is 6.31. The summed E-state index contributed by atoms with van der Waals surface area (Å²) in [5, 5.41) is 11.0. The minimum absolute atomic E-state index is 0.201. The summed E-state index contributed by atoms with van der Waals surface area (Å²) in [6.45, 7) is 2.65. The largest absolute Gasteiger partial charge is 0.497 e. The summed E-state index contributed by atoms with van der Waals surface area (Å²) in [4.78, 5) is 2.25. The topological polar surface area (TPSA) is 51.2 Å². The molecule has 0 bridgehead atoms. The Hall–Kier alpha value is -1.95. The highest BCUT2D eigenvalue weighted by atomic mass is 35.5. The maximum absolute atomic E-state index is 10.3. The maximum atomic E-state index is 10.3. The van der Waals surface area contributed by atoms with Gasteiger partial charge in [0.15, 0.2) is 0 Å². The molecule has 0 aromatic heterocycles. The van der Waals surface area contributed by atoms with Crippen LogP contribution in [0.25, 0.3) is 0 Å². The van der Waals surface area contributed by atoms with Crippen molar-refractivity contribution in [2.24, 2.45) is 0 Å². The second-order valence-electron chi connectivity index (χ2n) is 6.72. The molecule has 3 rings (SSSR count). The third-order valence-corrected chi connectivity index (χ3v) is 4.86. The Labute approximate surface area is 165 Å². The summed E-state index contributed by atoms with van der Waals surface area (Å²) in [6.07, 6.45) is 1.54. The molecule has 1 N–H and O–H groups in total. The fourth-order valence-corrected chi connectivity index (χ4v) is 3.28. The van der Waals surface area contributed by atoms with Gasteiger partial charge in [0.2, 0.25) is 0 Å². The number of β-amino-alcohol motifs (C(OH)–C–C–N with tert-alkyl or cyclic N) is 1. The molecule has 6 heteroatoms. The van der Waals surface area contributed by atoms with Crippen molar-refractivity contribution in [1.82, 2.24) is 4.90 Å². The van der Waals surface area contributed by atoms with Crippen molar-refractivity contribution in [2.75, 3.05) is 33.4 Å². The molecular formula is C21H26ClNO4. The fourth-order valence-electron chi connectivity index (χ4n) is 3.15.